The van der Waals surface area contributed by atoms with E-state index in [0.717, 1.165) is 0 Å². The lowest BCUT2D eigenvalue weighted by Crippen LogP contribution is -2.13. The Labute approximate surface area is 177 Å². The van der Waals surface area contributed by atoms with Crippen LogP contribution in [-0.2, 0) is 14.3 Å². The summed E-state index contributed by atoms with van der Waals surface area (Å²) >= 11 is 12.0. The van der Waals surface area contributed by atoms with Crippen LogP contribution in [0.15, 0.2) is 42.0 Å². The second-order valence-electron chi connectivity index (χ2n) is 5.53. The molecular formula is C20H16Cl2N2O5. The molecule has 0 aromatic heterocycles. The van der Waals surface area contributed by atoms with Crippen LogP contribution < -0.4 is 14.8 Å². The Balaban J connectivity index is 2.26. The van der Waals surface area contributed by atoms with Gasteiger partial charge in [0.25, 0.3) is 5.91 Å². The molecule has 0 radical (unpaired) electrons. The minimum atomic E-state index is -0.601. The highest BCUT2D eigenvalue weighted by Crippen LogP contribution is 2.37. The average Bonchev–Trinajstić information content (AvgIpc) is 2.72. The van der Waals surface area contributed by atoms with E-state index in [1.165, 1.54) is 32.4 Å². The molecule has 0 spiro atoms. The van der Waals surface area contributed by atoms with Gasteiger partial charge in [-0.1, -0.05) is 23.2 Å². The number of ether oxygens (including phenoxy) is 3. The number of nitrogens with zero attached hydrogens (tertiary/aromatic N) is 1. The summed E-state index contributed by atoms with van der Waals surface area (Å²) in [6.45, 7) is -0.352. The number of esters is 1. The SMILES string of the molecule is COC(=O)COc1c(Cl)cc(/C=C(/C#N)C(=O)Nc2ccc(Cl)cc2)cc1OC. The van der Waals surface area contributed by atoms with Crippen molar-refractivity contribution in [3.63, 3.8) is 0 Å². The fourth-order valence-electron chi connectivity index (χ4n) is 2.20. The fraction of sp³-hybridized carbons (Fsp3) is 0.150. The summed E-state index contributed by atoms with van der Waals surface area (Å²) in [5, 5.41) is 12.6. The minimum Gasteiger partial charge on any atom is -0.493 e. The number of benzene rings is 2. The summed E-state index contributed by atoms with van der Waals surface area (Å²) in [7, 11) is 2.62. The molecule has 150 valence electrons. The second kappa shape index (κ2) is 10.4. The van der Waals surface area contributed by atoms with Gasteiger partial charge in [-0.2, -0.15) is 5.26 Å². The van der Waals surface area contributed by atoms with Crippen molar-refractivity contribution in [3.8, 4) is 17.6 Å². The fourth-order valence-corrected chi connectivity index (χ4v) is 2.60. The molecule has 2 aromatic rings. The van der Waals surface area contributed by atoms with E-state index in [-0.39, 0.29) is 28.7 Å². The number of hydrogen-bond donors (Lipinski definition) is 1. The van der Waals surface area contributed by atoms with Gasteiger partial charge in [-0.25, -0.2) is 4.79 Å². The Morgan fingerprint density at radius 1 is 1.17 bits per heavy atom. The summed E-state index contributed by atoms with van der Waals surface area (Å²) < 4.78 is 15.1. The Morgan fingerprint density at radius 3 is 2.45 bits per heavy atom. The molecule has 0 aliphatic carbocycles. The average molecular weight is 435 g/mol. The molecular weight excluding hydrogens is 419 g/mol. The first-order chi connectivity index (χ1) is 13.9. The molecule has 0 fully saturated rings. The highest BCUT2D eigenvalue weighted by molar-refractivity contribution is 6.32. The van der Waals surface area contributed by atoms with Gasteiger partial charge in [0, 0.05) is 10.7 Å². The van der Waals surface area contributed by atoms with Crippen molar-refractivity contribution >= 4 is 46.8 Å². The molecule has 0 unspecified atom stereocenters. The first kappa shape index (κ1) is 22.1. The van der Waals surface area contributed by atoms with E-state index < -0.39 is 11.9 Å². The molecule has 2 rings (SSSR count). The maximum Gasteiger partial charge on any atom is 0.343 e. The lowest BCUT2D eigenvalue weighted by Gasteiger charge is -2.12. The van der Waals surface area contributed by atoms with Crippen LogP contribution in [-0.4, -0.2) is 32.7 Å². The molecule has 0 saturated carbocycles. The van der Waals surface area contributed by atoms with Crippen LogP contribution >= 0.6 is 23.2 Å². The molecule has 29 heavy (non-hydrogen) atoms. The number of amides is 1. The zero-order valence-corrected chi connectivity index (χ0v) is 17.0. The van der Waals surface area contributed by atoms with Crippen molar-refractivity contribution in [1.29, 1.82) is 5.26 Å². The van der Waals surface area contributed by atoms with E-state index in [1.54, 1.807) is 24.3 Å². The number of halogens is 2. The number of nitriles is 1. The van der Waals surface area contributed by atoms with Gasteiger partial charge < -0.3 is 19.5 Å². The van der Waals surface area contributed by atoms with E-state index >= 15 is 0 Å². The lowest BCUT2D eigenvalue weighted by atomic mass is 10.1. The zero-order chi connectivity index (χ0) is 21.4. The third-order valence-corrected chi connectivity index (χ3v) is 4.12. The van der Waals surface area contributed by atoms with Crippen molar-refractivity contribution in [2.75, 3.05) is 26.1 Å². The number of nitrogens with one attached hydrogen (secondary N) is 1. The van der Waals surface area contributed by atoms with E-state index in [4.69, 9.17) is 32.7 Å². The lowest BCUT2D eigenvalue weighted by molar-refractivity contribution is -0.142. The molecule has 0 bridgehead atoms. The zero-order valence-electron chi connectivity index (χ0n) is 15.5. The van der Waals surface area contributed by atoms with E-state index in [9.17, 15) is 14.9 Å². The van der Waals surface area contributed by atoms with Crippen LogP contribution in [0, 0.1) is 11.3 Å². The maximum absolute atomic E-state index is 12.4. The van der Waals surface area contributed by atoms with Crippen LogP contribution in [0.3, 0.4) is 0 Å². The molecule has 2 aromatic carbocycles. The molecule has 1 N–H and O–H groups in total. The van der Waals surface area contributed by atoms with Crippen molar-refractivity contribution in [2.24, 2.45) is 0 Å². The minimum absolute atomic E-state index is 0.134. The van der Waals surface area contributed by atoms with Crippen LogP contribution in [0.1, 0.15) is 5.56 Å². The summed E-state index contributed by atoms with van der Waals surface area (Å²) in [6, 6.07) is 11.3. The standard InChI is InChI=1S/C20H16Cl2N2O5/c1-27-17-9-12(8-16(22)19(17)29-11-18(25)28-2)7-13(10-23)20(26)24-15-5-3-14(21)4-6-15/h3-9H,11H2,1-2H3,(H,24,26)/b13-7-. The highest BCUT2D eigenvalue weighted by atomic mass is 35.5. The van der Waals surface area contributed by atoms with Crippen LogP contribution in [0.5, 0.6) is 11.5 Å². The number of hydrogen-bond acceptors (Lipinski definition) is 6. The third-order valence-electron chi connectivity index (χ3n) is 3.59. The van der Waals surface area contributed by atoms with Crippen LogP contribution in [0.4, 0.5) is 5.69 Å². The monoisotopic (exact) mass is 434 g/mol. The molecule has 9 heteroatoms. The topological polar surface area (TPSA) is 97.7 Å². The summed E-state index contributed by atoms with van der Waals surface area (Å²) in [4.78, 5) is 23.6. The molecule has 0 aliphatic heterocycles. The van der Waals surface area contributed by atoms with Gasteiger partial charge in [-0.15, -0.1) is 0 Å². The van der Waals surface area contributed by atoms with Gasteiger partial charge in [-0.05, 0) is 48.0 Å². The van der Waals surface area contributed by atoms with E-state index in [2.05, 4.69) is 10.1 Å². The summed E-state index contributed by atoms with van der Waals surface area (Å²) in [5.74, 6) is -0.822. The van der Waals surface area contributed by atoms with Gasteiger partial charge in [0.1, 0.15) is 11.6 Å². The molecule has 0 heterocycles. The normalized spacial score (nSPS) is 10.7. The number of methoxy groups -OCH3 is 2. The molecule has 0 saturated heterocycles. The van der Waals surface area contributed by atoms with Crippen molar-refractivity contribution in [2.45, 2.75) is 0 Å². The molecule has 1 amide bonds. The van der Waals surface area contributed by atoms with Crippen LogP contribution in [0.25, 0.3) is 6.08 Å². The maximum atomic E-state index is 12.4. The van der Waals surface area contributed by atoms with Gasteiger partial charge in [0.2, 0.25) is 0 Å². The van der Waals surface area contributed by atoms with Gasteiger partial charge in [0.05, 0.1) is 19.2 Å². The smallest absolute Gasteiger partial charge is 0.343 e. The van der Waals surface area contributed by atoms with Gasteiger partial charge >= 0.3 is 5.97 Å². The van der Waals surface area contributed by atoms with E-state index in [1.807, 2.05) is 6.07 Å². The number of carbonyl (C=O) groups is 2. The predicted octanol–water partition coefficient (Wildman–Crippen LogP) is 4.10. The Morgan fingerprint density at radius 2 is 1.86 bits per heavy atom. The Kier molecular flexibility index (Phi) is 7.89. The summed E-state index contributed by atoms with van der Waals surface area (Å²) in [5.41, 5.74) is 0.768. The Bertz CT molecular complexity index is 982. The van der Waals surface area contributed by atoms with Crippen molar-refractivity contribution < 1.29 is 23.8 Å². The van der Waals surface area contributed by atoms with Crippen molar-refractivity contribution in [1.82, 2.24) is 0 Å². The van der Waals surface area contributed by atoms with Crippen molar-refractivity contribution in [3.05, 3.63) is 57.6 Å². The second-order valence-corrected chi connectivity index (χ2v) is 6.37. The number of anilines is 1. The third kappa shape index (κ3) is 6.14. The number of rotatable bonds is 7. The summed E-state index contributed by atoms with van der Waals surface area (Å²) in [6.07, 6.45) is 1.35. The van der Waals surface area contributed by atoms with E-state index in [0.29, 0.717) is 16.3 Å². The largest absolute Gasteiger partial charge is 0.493 e. The molecule has 0 atom stereocenters. The molecule has 0 aliphatic rings. The first-order valence-electron chi connectivity index (χ1n) is 8.13. The quantitative estimate of drug-likeness (QED) is 0.400. The van der Waals surface area contributed by atoms with Gasteiger partial charge in [-0.3, -0.25) is 4.79 Å². The highest BCUT2D eigenvalue weighted by Gasteiger charge is 2.15. The number of carbonyl (C=O) groups excluding carboxylic acids is 2. The predicted molar refractivity (Wildman–Crippen MR) is 109 cm³/mol. The molecule has 7 nitrogen and oxygen atoms in total. The Hall–Kier alpha value is -3.21. The first-order valence-corrected chi connectivity index (χ1v) is 8.89. The van der Waals surface area contributed by atoms with Gasteiger partial charge in [0.15, 0.2) is 18.1 Å². The van der Waals surface area contributed by atoms with Crippen LogP contribution in [0.2, 0.25) is 10.0 Å².